The Bertz CT molecular complexity index is 280. The molecule has 2 rings (SSSR count). The highest BCUT2D eigenvalue weighted by Gasteiger charge is 2.17. The van der Waals surface area contributed by atoms with Gasteiger partial charge in [-0.2, -0.15) is 5.10 Å². The number of anilines is 1. The molecule has 82 valence electrons. The van der Waals surface area contributed by atoms with Gasteiger partial charge in [0.2, 0.25) is 0 Å². The van der Waals surface area contributed by atoms with E-state index in [1.165, 1.54) is 19.3 Å². The molecule has 2 heterocycles. The number of nitrogens with one attached hydrogen (secondary N) is 1. The van der Waals surface area contributed by atoms with Crippen LogP contribution >= 0.6 is 0 Å². The molecular weight excluding hydrogens is 188 g/mol. The van der Waals surface area contributed by atoms with Crippen LogP contribution in [0.1, 0.15) is 19.3 Å². The van der Waals surface area contributed by atoms with E-state index in [1.54, 1.807) is 6.20 Å². The first-order valence-corrected chi connectivity index (χ1v) is 5.59. The third-order valence-corrected chi connectivity index (χ3v) is 3.01. The fourth-order valence-corrected chi connectivity index (χ4v) is 2.06. The highest BCUT2D eigenvalue weighted by Crippen LogP contribution is 2.17. The molecule has 0 amide bonds. The molecule has 1 fully saturated rings. The minimum Gasteiger partial charge on any atom is -0.355 e. The molecule has 0 aliphatic carbocycles. The van der Waals surface area contributed by atoms with Gasteiger partial charge < -0.3 is 10.2 Å². The monoisotopic (exact) mass is 206 g/mol. The molecule has 1 saturated heterocycles. The summed E-state index contributed by atoms with van der Waals surface area (Å²) in [6.45, 7) is 2.25. The first-order valence-electron chi connectivity index (χ1n) is 5.59. The first kappa shape index (κ1) is 10.4. The fourth-order valence-electron chi connectivity index (χ4n) is 2.06. The van der Waals surface area contributed by atoms with Gasteiger partial charge in [0.25, 0.3) is 0 Å². The van der Waals surface area contributed by atoms with Gasteiger partial charge in [0, 0.05) is 19.3 Å². The number of hydrogen-bond acceptors (Lipinski definition) is 4. The number of aromatic nitrogens is 2. The maximum atomic E-state index is 4.14. The largest absolute Gasteiger partial charge is 0.355 e. The van der Waals surface area contributed by atoms with Gasteiger partial charge in [-0.05, 0) is 44.5 Å². The molecule has 1 N–H and O–H groups in total. The Hall–Kier alpha value is -1.16. The molecule has 4 nitrogen and oxygen atoms in total. The quantitative estimate of drug-likeness (QED) is 0.785. The highest BCUT2D eigenvalue weighted by atomic mass is 15.3. The van der Waals surface area contributed by atoms with Crippen molar-refractivity contribution in [3.8, 4) is 0 Å². The second-order valence-electron chi connectivity index (χ2n) is 4.03. The number of nitrogens with zero attached hydrogens (tertiary/aromatic N) is 3. The van der Waals surface area contributed by atoms with E-state index in [0.717, 1.165) is 18.9 Å². The van der Waals surface area contributed by atoms with Gasteiger partial charge in [-0.3, -0.25) is 0 Å². The van der Waals surface area contributed by atoms with Crippen LogP contribution in [0.5, 0.6) is 0 Å². The van der Waals surface area contributed by atoms with Gasteiger partial charge in [0.15, 0.2) is 5.82 Å². The van der Waals surface area contributed by atoms with Crippen molar-refractivity contribution in [1.29, 1.82) is 0 Å². The smallest absolute Gasteiger partial charge is 0.151 e. The Labute approximate surface area is 90.7 Å². The molecule has 15 heavy (non-hydrogen) atoms. The minimum absolute atomic E-state index is 0.594. The van der Waals surface area contributed by atoms with Gasteiger partial charge in [0.1, 0.15) is 0 Å². The lowest BCUT2D eigenvalue weighted by Crippen LogP contribution is -2.33. The Morgan fingerprint density at radius 3 is 3.13 bits per heavy atom. The second-order valence-corrected chi connectivity index (χ2v) is 4.03. The topological polar surface area (TPSA) is 41.1 Å². The lowest BCUT2D eigenvalue weighted by molar-refractivity contribution is 0.560. The van der Waals surface area contributed by atoms with E-state index < -0.39 is 0 Å². The summed E-state index contributed by atoms with van der Waals surface area (Å²) in [6, 6.07) is 4.55. The molecule has 0 saturated carbocycles. The van der Waals surface area contributed by atoms with E-state index in [4.69, 9.17) is 0 Å². The predicted octanol–water partition coefficient (Wildman–Crippen LogP) is 1.05. The summed E-state index contributed by atoms with van der Waals surface area (Å²) >= 11 is 0. The van der Waals surface area contributed by atoms with E-state index in [1.807, 2.05) is 12.1 Å². The van der Waals surface area contributed by atoms with Crippen molar-refractivity contribution >= 4 is 5.82 Å². The Balaban J connectivity index is 2.03. The summed E-state index contributed by atoms with van der Waals surface area (Å²) in [5.41, 5.74) is 0. The van der Waals surface area contributed by atoms with E-state index in [0.29, 0.717) is 6.04 Å². The number of rotatable bonds is 2. The lowest BCUT2D eigenvalue weighted by atomic mass is 10.1. The van der Waals surface area contributed by atoms with Crippen LogP contribution in [0.4, 0.5) is 5.82 Å². The van der Waals surface area contributed by atoms with E-state index in [-0.39, 0.29) is 0 Å². The second kappa shape index (κ2) is 5.07. The average Bonchev–Trinajstić information content (AvgIpc) is 2.58. The van der Waals surface area contributed by atoms with Crippen molar-refractivity contribution in [3.05, 3.63) is 18.3 Å². The summed E-state index contributed by atoms with van der Waals surface area (Å²) in [5, 5.41) is 11.5. The summed E-state index contributed by atoms with van der Waals surface area (Å²) in [5.74, 6) is 0.976. The third kappa shape index (κ3) is 2.65. The average molecular weight is 206 g/mol. The molecule has 4 heteroatoms. The standard InChI is InChI=1S/C11H18N4/c1-15(11-5-3-8-13-14-11)10-4-2-7-12-9-6-10/h3,5,8,10,12H,2,4,6-7,9H2,1H3. The van der Waals surface area contributed by atoms with Crippen molar-refractivity contribution in [1.82, 2.24) is 15.5 Å². The van der Waals surface area contributed by atoms with Crippen LogP contribution in [0.2, 0.25) is 0 Å². The molecular formula is C11H18N4. The third-order valence-electron chi connectivity index (χ3n) is 3.01. The molecule has 1 aliphatic heterocycles. The van der Waals surface area contributed by atoms with Crippen molar-refractivity contribution in [3.63, 3.8) is 0 Å². The van der Waals surface area contributed by atoms with Crippen LogP contribution in [0.25, 0.3) is 0 Å². The Morgan fingerprint density at radius 2 is 2.33 bits per heavy atom. The molecule has 0 radical (unpaired) electrons. The first-order chi connectivity index (χ1) is 7.38. The lowest BCUT2D eigenvalue weighted by Gasteiger charge is -2.27. The van der Waals surface area contributed by atoms with E-state index in [2.05, 4.69) is 27.5 Å². The molecule has 1 aromatic rings. The zero-order valence-electron chi connectivity index (χ0n) is 9.19. The molecule has 1 aromatic heterocycles. The van der Waals surface area contributed by atoms with Crippen LogP contribution in [-0.4, -0.2) is 36.4 Å². The summed E-state index contributed by atoms with van der Waals surface area (Å²) in [4.78, 5) is 2.25. The van der Waals surface area contributed by atoms with Crippen molar-refractivity contribution in [2.45, 2.75) is 25.3 Å². The Kier molecular flexibility index (Phi) is 3.50. The highest BCUT2D eigenvalue weighted by molar-refractivity contribution is 5.36. The molecule has 1 atom stereocenters. The van der Waals surface area contributed by atoms with Crippen LogP contribution < -0.4 is 10.2 Å². The number of hydrogen-bond donors (Lipinski definition) is 1. The van der Waals surface area contributed by atoms with Gasteiger partial charge >= 0.3 is 0 Å². The minimum atomic E-state index is 0.594. The maximum Gasteiger partial charge on any atom is 0.151 e. The molecule has 0 aromatic carbocycles. The SMILES string of the molecule is CN(c1cccnn1)C1CCCNCC1. The zero-order chi connectivity index (χ0) is 10.5. The van der Waals surface area contributed by atoms with Gasteiger partial charge in [-0.15, -0.1) is 5.10 Å². The van der Waals surface area contributed by atoms with Gasteiger partial charge in [0.05, 0.1) is 0 Å². The molecule has 1 unspecified atom stereocenters. The van der Waals surface area contributed by atoms with Gasteiger partial charge in [-0.25, -0.2) is 0 Å². The summed E-state index contributed by atoms with van der Waals surface area (Å²) < 4.78 is 0. The van der Waals surface area contributed by atoms with Crippen LogP contribution in [0, 0.1) is 0 Å². The van der Waals surface area contributed by atoms with E-state index >= 15 is 0 Å². The van der Waals surface area contributed by atoms with Crippen LogP contribution in [0.15, 0.2) is 18.3 Å². The zero-order valence-corrected chi connectivity index (χ0v) is 9.19. The normalized spacial score (nSPS) is 22.1. The predicted molar refractivity (Wildman–Crippen MR) is 60.9 cm³/mol. The maximum absolute atomic E-state index is 4.14. The molecule has 0 spiro atoms. The van der Waals surface area contributed by atoms with Crippen LogP contribution in [0.3, 0.4) is 0 Å². The van der Waals surface area contributed by atoms with Crippen molar-refractivity contribution in [2.75, 3.05) is 25.0 Å². The molecule has 1 aliphatic rings. The Morgan fingerprint density at radius 1 is 1.40 bits per heavy atom. The van der Waals surface area contributed by atoms with Crippen LogP contribution in [-0.2, 0) is 0 Å². The summed E-state index contributed by atoms with van der Waals surface area (Å²) in [6.07, 6.45) is 5.38. The van der Waals surface area contributed by atoms with Crippen molar-refractivity contribution in [2.24, 2.45) is 0 Å². The van der Waals surface area contributed by atoms with Gasteiger partial charge in [-0.1, -0.05) is 0 Å². The summed E-state index contributed by atoms with van der Waals surface area (Å²) in [7, 11) is 2.11. The van der Waals surface area contributed by atoms with Crippen molar-refractivity contribution < 1.29 is 0 Å². The fraction of sp³-hybridized carbons (Fsp3) is 0.636. The molecule has 0 bridgehead atoms. The van der Waals surface area contributed by atoms with E-state index in [9.17, 15) is 0 Å².